The fourth-order valence-electron chi connectivity index (χ4n) is 2.76. The van der Waals surface area contributed by atoms with Crippen LogP contribution in [-0.2, 0) is 9.47 Å². The van der Waals surface area contributed by atoms with Crippen molar-refractivity contribution < 1.29 is 14.6 Å². The average molecular weight is 258 g/mol. The summed E-state index contributed by atoms with van der Waals surface area (Å²) in [5, 5.41) is 8.95. The normalized spacial score (nSPS) is 23.0. The highest BCUT2D eigenvalue weighted by Crippen LogP contribution is 2.46. The molecule has 0 heterocycles. The topological polar surface area (TPSA) is 38.7 Å². The van der Waals surface area contributed by atoms with Gasteiger partial charge in [-0.15, -0.1) is 0 Å². The zero-order valence-corrected chi connectivity index (χ0v) is 12.7. The minimum Gasteiger partial charge on any atom is -0.394 e. The summed E-state index contributed by atoms with van der Waals surface area (Å²) in [6.45, 7) is 11.4. The lowest BCUT2D eigenvalue weighted by atomic mass is 9.75. The van der Waals surface area contributed by atoms with Gasteiger partial charge < -0.3 is 14.6 Å². The summed E-state index contributed by atoms with van der Waals surface area (Å²) in [4.78, 5) is 0. The summed E-state index contributed by atoms with van der Waals surface area (Å²) in [7, 11) is 0. The molecule has 0 bridgehead atoms. The fourth-order valence-corrected chi connectivity index (χ4v) is 2.76. The molecule has 0 aliphatic heterocycles. The zero-order valence-electron chi connectivity index (χ0n) is 12.7. The van der Waals surface area contributed by atoms with Crippen LogP contribution >= 0.6 is 0 Å². The molecule has 1 saturated carbocycles. The van der Waals surface area contributed by atoms with Gasteiger partial charge in [0.1, 0.15) is 0 Å². The lowest BCUT2D eigenvalue weighted by Crippen LogP contribution is -2.46. The molecule has 2 atom stereocenters. The molecule has 0 radical (unpaired) electrons. The van der Waals surface area contributed by atoms with E-state index in [1.54, 1.807) is 0 Å². The third kappa shape index (κ3) is 3.94. The Bertz CT molecular complexity index is 239. The molecular formula is C15H30O3. The molecule has 0 amide bonds. The Morgan fingerprint density at radius 2 is 1.67 bits per heavy atom. The molecule has 1 aliphatic carbocycles. The Morgan fingerprint density at radius 3 is 2.11 bits per heavy atom. The summed E-state index contributed by atoms with van der Waals surface area (Å²) in [5.41, 5.74) is 0.165. The molecule has 1 rings (SSSR count). The summed E-state index contributed by atoms with van der Waals surface area (Å²) >= 11 is 0. The summed E-state index contributed by atoms with van der Waals surface area (Å²) in [6.07, 6.45) is 4.80. The highest BCUT2D eigenvalue weighted by molar-refractivity contribution is 4.96. The molecule has 2 unspecified atom stereocenters. The first-order valence-corrected chi connectivity index (χ1v) is 7.21. The van der Waals surface area contributed by atoms with Crippen molar-refractivity contribution in [2.75, 3.05) is 13.2 Å². The summed E-state index contributed by atoms with van der Waals surface area (Å²) in [5.74, 6) is 0. The van der Waals surface area contributed by atoms with Crippen molar-refractivity contribution in [2.24, 2.45) is 5.41 Å². The second kappa shape index (κ2) is 6.36. The minimum absolute atomic E-state index is 0.00176. The van der Waals surface area contributed by atoms with Crippen LogP contribution in [-0.4, -0.2) is 36.1 Å². The molecule has 3 nitrogen and oxygen atoms in total. The number of hydrogen-bond donors (Lipinski definition) is 1. The van der Waals surface area contributed by atoms with Crippen LogP contribution in [0.4, 0.5) is 0 Å². The van der Waals surface area contributed by atoms with Gasteiger partial charge in [-0.3, -0.25) is 0 Å². The lowest BCUT2D eigenvalue weighted by Gasteiger charge is -2.43. The van der Waals surface area contributed by atoms with Crippen LogP contribution in [0.5, 0.6) is 0 Å². The third-order valence-corrected chi connectivity index (χ3v) is 4.08. The molecule has 1 N–H and O–H groups in total. The standard InChI is InChI=1S/C15H30O3/c1-12(10-16)17-11-13(2)18-15(14(3,4)5)8-6-7-9-15/h12-13,16H,6-11H2,1-5H3. The zero-order chi connectivity index (χ0) is 13.8. The van der Waals surface area contributed by atoms with Crippen molar-refractivity contribution in [1.29, 1.82) is 0 Å². The van der Waals surface area contributed by atoms with E-state index in [1.165, 1.54) is 12.8 Å². The molecule has 0 aromatic carbocycles. The van der Waals surface area contributed by atoms with Gasteiger partial charge in [-0.2, -0.15) is 0 Å². The van der Waals surface area contributed by atoms with E-state index in [2.05, 4.69) is 27.7 Å². The minimum atomic E-state index is -0.106. The van der Waals surface area contributed by atoms with Crippen molar-refractivity contribution in [1.82, 2.24) is 0 Å². The maximum Gasteiger partial charge on any atom is 0.0788 e. The maximum atomic E-state index is 8.95. The van der Waals surface area contributed by atoms with E-state index in [0.29, 0.717) is 6.61 Å². The monoisotopic (exact) mass is 258 g/mol. The van der Waals surface area contributed by atoms with Gasteiger partial charge in [-0.1, -0.05) is 33.6 Å². The Balaban J connectivity index is 2.52. The van der Waals surface area contributed by atoms with Crippen LogP contribution in [0.15, 0.2) is 0 Å². The molecule has 108 valence electrons. The van der Waals surface area contributed by atoms with Gasteiger partial charge in [0.05, 0.1) is 31.0 Å². The molecule has 0 aromatic rings. The predicted octanol–water partition coefficient (Wildman–Crippen LogP) is 3.15. The molecule has 1 aliphatic rings. The van der Waals surface area contributed by atoms with Gasteiger partial charge in [-0.05, 0) is 32.1 Å². The number of ether oxygens (including phenoxy) is 2. The molecule has 1 fully saturated rings. The number of aliphatic hydroxyl groups excluding tert-OH is 1. The van der Waals surface area contributed by atoms with Gasteiger partial charge in [-0.25, -0.2) is 0 Å². The van der Waals surface area contributed by atoms with E-state index in [4.69, 9.17) is 14.6 Å². The predicted molar refractivity (Wildman–Crippen MR) is 73.7 cm³/mol. The average Bonchev–Trinajstić information content (AvgIpc) is 2.75. The van der Waals surface area contributed by atoms with E-state index in [1.807, 2.05) is 6.92 Å². The Morgan fingerprint density at radius 1 is 1.11 bits per heavy atom. The second-order valence-electron chi connectivity index (χ2n) is 6.71. The van der Waals surface area contributed by atoms with Crippen LogP contribution in [0.3, 0.4) is 0 Å². The first kappa shape index (κ1) is 15.9. The number of hydrogen-bond acceptors (Lipinski definition) is 3. The van der Waals surface area contributed by atoms with Crippen molar-refractivity contribution >= 4 is 0 Å². The van der Waals surface area contributed by atoms with Gasteiger partial charge >= 0.3 is 0 Å². The van der Waals surface area contributed by atoms with E-state index >= 15 is 0 Å². The SMILES string of the molecule is CC(CO)OCC(C)OC1(C(C)(C)C)CCCC1. The van der Waals surface area contributed by atoms with Crippen molar-refractivity contribution in [3.8, 4) is 0 Å². The second-order valence-corrected chi connectivity index (χ2v) is 6.71. The van der Waals surface area contributed by atoms with E-state index < -0.39 is 0 Å². The Labute approximate surface area is 112 Å². The van der Waals surface area contributed by atoms with Gasteiger partial charge in [0.15, 0.2) is 0 Å². The molecule has 0 saturated heterocycles. The van der Waals surface area contributed by atoms with Crippen LogP contribution in [0.1, 0.15) is 60.3 Å². The van der Waals surface area contributed by atoms with Gasteiger partial charge in [0.25, 0.3) is 0 Å². The first-order chi connectivity index (χ1) is 8.31. The van der Waals surface area contributed by atoms with Gasteiger partial charge in [0, 0.05) is 0 Å². The van der Waals surface area contributed by atoms with Crippen LogP contribution in [0.2, 0.25) is 0 Å². The molecule has 0 spiro atoms. The maximum absolute atomic E-state index is 8.95. The lowest BCUT2D eigenvalue weighted by molar-refractivity contribution is -0.165. The molecule has 0 aromatic heterocycles. The highest BCUT2D eigenvalue weighted by atomic mass is 16.6. The molecule has 18 heavy (non-hydrogen) atoms. The third-order valence-electron chi connectivity index (χ3n) is 4.08. The number of rotatable bonds is 6. The van der Waals surface area contributed by atoms with E-state index in [0.717, 1.165) is 12.8 Å². The molecule has 3 heteroatoms. The first-order valence-electron chi connectivity index (χ1n) is 7.21. The van der Waals surface area contributed by atoms with E-state index in [-0.39, 0.29) is 29.8 Å². The largest absolute Gasteiger partial charge is 0.394 e. The summed E-state index contributed by atoms with van der Waals surface area (Å²) in [6, 6.07) is 0. The van der Waals surface area contributed by atoms with E-state index in [9.17, 15) is 0 Å². The molecular weight excluding hydrogens is 228 g/mol. The highest BCUT2D eigenvalue weighted by Gasteiger charge is 2.46. The summed E-state index contributed by atoms with van der Waals surface area (Å²) < 4.78 is 11.9. The van der Waals surface area contributed by atoms with Crippen LogP contribution in [0, 0.1) is 5.41 Å². The Hall–Kier alpha value is -0.120. The van der Waals surface area contributed by atoms with Gasteiger partial charge in [0.2, 0.25) is 0 Å². The smallest absolute Gasteiger partial charge is 0.0788 e. The van der Waals surface area contributed by atoms with Crippen molar-refractivity contribution in [2.45, 2.75) is 78.1 Å². The van der Waals surface area contributed by atoms with Crippen LogP contribution < -0.4 is 0 Å². The number of aliphatic hydroxyl groups is 1. The quantitative estimate of drug-likeness (QED) is 0.795. The van der Waals surface area contributed by atoms with Crippen molar-refractivity contribution in [3.05, 3.63) is 0 Å². The fraction of sp³-hybridized carbons (Fsp3) is 1.00. The van der Waals surface area contributed by atoms with Crippen molar-refractivity contribution in [3.63, 3.8) is 0 Å². The van der Waals surface area contributed by atoms with Crippen LogP contribution in [0.25, 0.3) is 0 Å². The Kier molecular flexibility index (Phi) is 5.63.